The Bertz CT molecular complexity index is 1110. The fourth-order valence-electron chi connectivity index (χ4n) is 3.46. The lowest BCUT2D eigenvalue weighted by Gasteiger charge is -2.28. The topological polar surface area (TPSA) is 49.4 Å². The van der Waals surface area contributed by atoms with Crippen LogP contribution in [0.1, 0.15) is 36.7 Å². The Labute approximate surface area is 186 Å². The molecule has 4 nitrogen and oxygen atoms in total. The van der Waals surface area contributed by atoms with Crippen molar-refractivity contribution in [2.75, 3.05) is 11.9 Å². The summed E-state index contributed by atoms with van der Waals surface area (Å²) in [6.45, 7) is 3.18. The number of carbonyl (C=O) groups is 2. The van der Waals surface area contributed by atoms with Crippen molar-refractivity contribution >= 4 is 56.4 Å². The maximum atomic E-state index is 13.1. The second-order valence-electron chi connectivity index (χ2n) is 6.90. The van der Waals surface area contributed by atoms with Crippen LogP contribution in [-0.4, -0.2) is 23.3 Å². The van der Waals surface area contributed by atoms with E-state index < -0.39 is 0 Å². The molecular formula is C22H18BrClN2O2S. The minimum absolute atomic E-state index is 0.0177. The summed E-state index contributed by atoms with van der Waals surface area (Å²) in [6, 6.07) is 12.6. The molecule has 1 aromatic heterocycles. The number of hydrogen-bond donors (Lipinski definition) is 1. The zero-order valence-corrected chi connectivity index (χ0v) is 18.8. The molecule has 2 amide bonds. The molecule has 148 valence electrons. The van der Waals surface area contributed by atoms with Gasteiger partial charge in [0.2, 0.25) is 0 Å². The number of amides is 2. The standard InChI is InChI=1S/C22H18BrClN2O2S/c1-13-16(22(28)26-9-7-20-14(12-26)8-10-29-20)3-2-4-19(13)25-21(27)17-11-15(23)5-6-18(17)24/h2-6,8,10-11H,7,9,12H2,1H3,(H,25,27). The molecule has 1 aliphatic heterocycles. The average Bonchev–Trinajstić information content (AvgIpc) is 3.18. The summed E-state index contributed by atoms with van der Waals surface area (Å²) in [5.41, 5.74) is 3.54. The van der Waals surface area contributed by atoms with Gasteiger partial charge in [-0.15, -0.1) is 11.3 Å². The SMILES string of the molecule is Cc1c(NC(=O)c2cc(Br)ccc2Cl)cccc1C(=O)N1CCc2sccc2C1. The molecule has 1 N–H and O–H groups in total. The Morgan fingerprint density at radius 1 is 1.17 bits per heavy atom. The Balaban J connectivity index is 1.57. The van der Waals surface area contributed by atoms with Crippen LogP contribution in [-0.2, 0) is 13.0 Å². The molecule has 0 fully saturated rings. The molecule has 29 heavy (non-hydrogen) atoms. The van der Waals surface area contributed by atoms with Gasteiger partial charge < -0.3 is 10.2 Å². The second kappa shape index (κ2) is 8.30. The lowest BCUT2D eigenvalue weighted by atomic mass is 10.0. The molecule has 0 radical (unpaired) electrons. The van der Waals surface area contributed by atoms with Crippen molar-refractivity contribution < 1.29 is 9.59 Å². The van der Waals surface area contributed by atoms with Crippen molar-refractivity contribution in [1.29, 1.82) is 0 Å². The number of fused-ring (bicyclic) bond motifs is 1. The van der Waals surface area contributed by atoms with E-state index in [0.29, 0.717) is 34.9 Å². The van der Waals surface area contributed by atoms with Crippen LogP contribution in [0, 0.1) is 6.92 Å². The van der Waals surface area contributed by atoms with Crippen LogP contribution in [0.3, 0.4) is 0 Å². The van der Waals surface area contributed by atoms with Crippen LogP contribution in [0.15, 0.2) is 52.3 Å². The number of carbonyl (C=O) groups excluding carboxylic acids is 2. The zero-order chi connectivity index (χ0) is 20.5. The lowest BCUT2D eigenvalue weighted by Crippen LogP contribution is -2.35. The van der Waals surface area contributed by atoms with Gasteiger partial charge in [-0.05, 0) is 66.2 Å². The molecular weight excluding hydrogens is 472 g/mol. The fraction of sp³-hybridized carbons (Fsp3) is 0.182. The fourth-order valence-corrected chi connectivity index (χ4v) is 4.91. The van der Waals surface area contributed by atoms with Crippen LogP contribution in [0.4, 0.5) is 5.69 Å². The van der Waals surface area contributed by atoms with E-state index in [1.54, 1.807) is 41.7 Å². The van der Waals surface area contributed by atoms with Gasteiger partial charge in [0, 0.05) is 33.7 Å². The molecule has 0 aliphatic carbocycles. The molecule has 0 saturated carbocycles. The summed E-state index contributed by atoms with van der Waals surface area (Å²) in [7, 11) is 0. The maximum Gasteiger partial charge on any atom is 0.257 e. The molecule has 1 aliphatic rings. The summed E-state index contributed by atoms with van der Waals surface area (Å²) < 4.78 is 0.769. The Hall–Kier alpha value is -2.15. The number of rotatable bonds is 3. The predicted octanol–water partition coefficient (Wildman–Crippen LogP) is 5.92. The van der Waals surface area contributed by atoms with Gasteiger partial charge in [0.25, 0.3) is 11.8 Å². The minimum atomic E-state index is -0.315. The average molecular weight is 490 g/mol. The highest BCUT2D eigenvalue weighted by molar-refractivity contribution is 9.10. The second-order valence-corrected chi connectivity index (χ2v) is 9.23. The van der Waals surface area contributed by atoms with Gasteiger partial charge in [0.15, 0.2) is 0 Å². The van der Waals surface area contributed by atoms with Gasteiger partial charge in [-0.1, -0.05) is 33.6 Å². The first-order chi connectivity index (χ1) is 13.9. The van der Waals surface area contributed by atoms with E-state index in [9.17, 15) is 9.59 Å². The Morgan fingerprint density at radius 2 is 2.00 bits per heavy atom. The van der Waals surface area contributed by atoms with E-state index in [1.165, 1.54) is 10.4 Å². The molecule has 2 aromatic carbocycles. The zero-order valence-electron chi connectivity index (χ0n) is 15.7. The highest BCUT2D eigenvalue weighted by Gasteiger charge is 2.24. The minimum Gasteiger partial charge on any atom is -0.334 e. The third-order valence-electron chi connectivity index (χ3n) is 5.08. The molecule has 3 aromatic rings. The van der Waals surface area contributed by atoms with Crippen LogP contribution < -0.4 is 5.32 Å². The summed E-state index contributed by atoms with van der Waals surface area (Å²) in [5.74, 6) is -0.333. The molecule has 4 rings (SSSR count). The summed E-state index contributed by atoms with van der Waals surface area (Å²) in [5, 5.41) is 5.34. The van der Waals surface area contributed by atoms with Crippen LogP contribution in [0.5, 0.6) is 0 Å². The van der Waals surface area contributed by atoms with Gasteiger partial charge in [0.1, 0.15) is 0 Å². The molecule has 0 atom stereocenters. The van der Waals surface area contributed by atoms with Crippen molar-refractivity contribution in [3.05, 3.63) is 84.5 Å². The van der Waals surface area contributed by atoms with Crippen LogP contribution >= 0.6 is 38.9 Å². The summed E-state index contributed by atoms with van der Waals surface area (Å²) >= 11 is 11.3. The monoisotopic (exact) mass is 488 g/mol. The smallest absolute Gasteiger partial charge is 0.257 e. The molecule has 0 saturated heterocycles. The molecule has 7 heteroatoms. The van der Waals surface area contributed by atoms with E-state index in [1.807, 2.05) is 17.9 Å². The van der Waals surface area contributed by atoms with Crippen LogP contribution in [0.25, 0.3) is 0 Å². The molecule has 0 spiro atoms. The molecule has 0 unspecified atom stereocenters. The number of hydrogen-bond acceptors (Lipinski definition) is 3. The largest absolute Gasteiger partial charge is 0.334 e. The van der Waals surface area contributed by atoms with Crippen molar-refractivity contribution in [2.24, 2.45) is 0 Å². The number of halogens is 2. The number of anilines is 1. The van der Waals surface area contributed by atoms with Gasteiger partial charge in [0.05, 0.1) is 10.6 Å². The van der Waals surface area contributed by atoms with E-state index in [4.69, 9.17) is 11.6 Å². The van der Waals surface area contributed by atoms with E-state index >= 15 is 0 Å². The number of thiophene rings is 1. The van der Waals surface area contributed by atoms with E-state index in [-0.39, 0.29) is 11.8 Å². The molecule has 2 heterocycles. The predicted molar refractivity (Wildman–Crippen MR) is 121 cm³/mol. The highest BCUT2D eigenvalue weighted by atomic mass is 79.9. The van der Waals surface area contributed by atoms with Gasteiger partial charge >= 0.3 is 0 Å². The van der Waals surface area contributed by atoms with Crippen molar-refractivity contribution in [1.82, 2.24) is 4.90 Å². The van der Waals surface area contributed by atoms with Crippen LogP contribution in [0.2, 0.25) is 5.02 Å². The quantitative estimate of drug-likeness (QED) is 0.496. The maximum absolute atomic E-state index is 13.1. The van der Waals surface area contributed by atoms with Gasteiger partial charge in [-0.25, -0.2) is 0 Å². The highest BCUT2D eigenvalue weighted by Crippen LogP contribution is 2.28. The van der Waals surface area contributed by atoms with Gasteiger partial charge in [-0.2, -0.15) is 0 Å². The van der Waals surface area contributed by atoms with Gasteiger partial charge in [-0.3, -0.25) is 9.59 Å². The number of nitrogens with one attached hydrogen (secondary N) is 1. The third kappa shape index (κ3) is 4.10. The molecule has 0 bridgehead atoms. The normalized spacial score (nSPS) is 13.1. The first-order valence-electron chi connectivity index (χ1n) is 9.14. The lowest BCUT2D eigenvalue weighted by molar-refractivity contribution is 0.0735. The Morgan fingerprint density at radius 3 is 2.83 bits per heavy atom. The van der Waals surface area contributed by atoms with Crippen molar-refractivity contribution in [2.45, 2.75) is 19.9 Å². The summed E-state index contributed by atoms with van der Waals surface area (Å²) in [4.78, 5) is 29.1. The van der Waals surface area contributed by atoms with Crippen molar-refractivity contribution in [3.8, 4) is 0 Å². The third-order valence-corrected chi connectivity index (χ3v) is 6.93. The Kier molecular flexibility index (Phi) is 5.76. The first kappa shape index (κ1) is 20.1. The first-order valence-corrected chi connectivity index (χ1v) is 11.2. The number of nitrogens with zero attached hydrogens (tertiary/aromatic N) is 1. The van der Waals surface area contributed by atoms with E-state index in [2.05, 4.69) is 32.7 Å². The summed E-state index contributed by atoms with van der Waals surface area (Å²) in [6.07, 6.45) is 0.885. The van der Waals surface area contributed by atoms with Crippen molar-refractivity contribution in [3.63, 3.8) is 0 Å². The number of benzene rings is 2. The van der Waals surface area contributed by atoms with E-state index in [0.717, 1.165) is 16.5 Å².